The molecule has 0 radical (unpaired) electrons. The molecular formula is C23H23N5O5. The lowest BCUT2D eigenvalue weighted by molar-refractivity contribution is -0.145. The molecule has 0 saturated carbocycles. The molecule has 4 aromatic rings. The van der Waals surface area contributed by atoms with Crippen molar-refractivity contribution in [2.45, 2.75) is 26.2 Å². The number of pyridine rings is 1. The summed E-state index contributed by atoms with van der Waals surface area (Å²) in [5.41, 5.74) is 0.650. The molecular weight excluding hydrogens is 426 g/mol. The number of benzene rings is 1. The number of nitrogens with zero attached hydrogens (tertiary/aromatic N) is 5. The van der Waals surface area contributed by atoms with Crippen molar-refractivity contribution >= 4 is 17.1 Å². The monoisotopic (exact) mass is 449 g/mol. The number of aromatic nitrogens is 5. The smallest absolute Gasteiger partial charge is 0.333 e. The van der Waals surface area contributed by atoms with Crippen molar-refractivity contribution in [1.29, 1.82) is 0 Å². The van der Waals surface area contributed by atoms with Crippen LogP contribution in [-0.2, 0) is 40.5 Å². The second-order valence-electron chi connectivity index (χ2n) is 7.33. The third-order valence-electron chi connectivity index (χ3n) is 5.10. The molecule has 170 valence electrons. The van der Waals surface area contributed by atoms with Gasteiger partial charge in [-0.15, -0.1) is 0 Å². The summed E-state index contributed by atoms with van der Waals surface area (Å²) >= 11 is 0. The van der Waals surface area contributed by atoms with Crippen LogP contribution in [0.15, 0.2) is 70.6 Å². The van der Waals surface area contributed by atoms with Gasteiger partial charge in [-0.05, 0) is 17.7 Å². The molecule has 0 amide bonds. The Balaban J connectivity index is 1.72. The molecule has 0 aliphatic carbocycles. The van der Waals surface area contributed by atoms with E-state index in [4.69, 9.17) is 9.47 Å². The van der Waals surface area contributed by atoms with Crippen LogP contribution >= 0.6 is 0 Å². The largest absolute Gasteiger partial charge is 0.458 e. The van der Waals surface area contributed by atoms with Crippen LogP contribution < -0.4 is 11.2 Å². The Labute approximate surface area is 188 Å². The van der Waals surface area contributed by atoms with Crippen molar-refractivity contribution in [3.63, 3.8) is 0 Å². The molecule has 1 aromatic carbocycles. The molecule has 0 aliphatic rings. The highest BCUT2D eigenvalue weighted by molar-refractivity contribution is 5.72. The van der Waals surface area contributed by atoms with Gasteiger partial charge in [0.1, 0.15) is 13.2 Å². The molecule has 4 rings (SSSR count). The number of fused-ring (bicyclic) bond motifs is 1. The standard InChI is InChI=1S/C23H23N5O5/c1-32-12-11-26-16-25-21-20(26)22(30)28(14-19(29)33-15-18-9-5-6-10-24-18)23(31)27(21)13-17-7-3-2-4-8-17/h2-10,16H,11-15H2,1H3. The third kappa shape index (κ3) is 4.90. The Morgan fingerprint density at radius 2 is 1.79 bits per heavy atom. The molecule has 0 unspecified atom stereocenters. The second-order valence-corrected chi connectivity index (χ2v) is 7.33. The van der Waals surface area contributed by atoms with Gasteiger partial charge in [0.2, 0.25) is 0 Å². The van der Waals surface area contributed by atoms with Gasteiger partial charge in [0.25, 0.3) is 5.56 Å². The number of carbonyl (C=O) groups is 1. The van der Waals surface area contributed by atoms with Gasteiger partial charge in [-0.25, -0.2) is 14.3 Å². The number of methoxy groups -OCH3 is 1. The number of imidazole rings is 1. The lowest BCUT2D eigenvalue weighted by Crippen LogP contribution is -2.42. The SMILES string of the molecule is COCCn1cnc2c1c(=O)n(CC(=O)OCc1ccccn1)c(=O)n2Cc1ccccc1. The average Bonchev–Trinajstić information content (AvgIpc) is 3.27. The maximum absolute atomic E-state index is 13.3. The number of esters is 1. The van der Waals surface area contributed by atoms with Gasteiger partial charge in [0.05, 0.1) is 25.2 Å². The Kier molecular flexibility index (Phi) is 6.75. The third-order valence-corrected chi connectivity index (χ3v) is 5.10. The fraction of sp³-hybridized carbons (Fsp3) is 0.261. The van der Waals surface area contributed by atoms with Crippen LogP contribution in [0.25, 0.3) is 11.2 Å². The Bertz CT molecular complexity index is 1360. The number of ether oxygens (including phenoxy) is 2. The fourth-order valence-electron chi connectivity index (χ4n) is 3.46. The Morgan fingerprint density at radius 3 is 2.52 bits per heavy atom. The minimum atomic E-state index is -0.714. The van der Waals surface area contributed by atoms with Crippen LogP contribution in [0.1, 0.15) is 11.3 Å². The molecule has 0 aliphatic heterocycles. The van der Waals surface area contributed by atoms with E-state index in [1.54, 1.807) is 36.1 Å². The minimum absolute atomic E-state index is 0.0549. The van der Waals surface area contributed by atoms with Crippen molar-refractivity contribution in [1.82, 2.24) is 23.7 Å². The number of carbonyl (C=O) groups excluding carboxylic acids is 1. The number of hydrogen-bond acceptors (Lipinski definition) is 7. The lowest BCUT2D eigenvalue weighted by atomic mass is 10.2. The predicted octanol–water partition coefficient (Wildman–Crippen LogP) is 1.19. The summed E-state index contributed by atoms with van der Waals surface area (Å²) in [6.07, 6.45) is 3.08. The lowest BCUT2D eigenvalue weighted by Gasteiger charge is -2.12. The van der Waals surface area contributed by atoms with E-state index in [1.165, 1.54) is 10.9 Å². The van der Waals surface area contributed by atoms with E-state index in [2.05, 4.69) is 9.97 Å². The first-order valence-electron chi connectivity index (χ1n) is 10.4. The van der Waals surface area contributed by atoms with E-state index in [0.717, 1.165) is 10.1 Å². The van der Waals surface area contributed by atoms with Crippen LogP contribution in [0.2, 0.25) is 0 Å². The topological polar surface area (TPSA) is 110 Å². The van der Waals surface area contributed by atoms with Crippen LogP contribution in [-0.4, -0.2) is 43.4 Å². The van der Waals surface area contributed by atoms with Gasteiger partial charge in [-0.3, -0.25) is 19.1 Å². The highest BCUT2D eigenvalue weighted by Crippen LogP contribution is 2.10. The molecule has 0 bridgehead atoms. The molecule has 3 aromatic heterocycles. The molecule has 0 atom stereocenters. The van der Waals surface area contributed by atoms with Gasteiger partial charge in [-0.2, -0.15) is 0 Å². The second kappa shape index (κ2) is 10.0. The van der Waals surface area contributed by atoms with E-state index in [-0.39, 0.29) is 24.3 Å². The Hall–Kier alpha value is -4.05. The van der Waals surface area contributed by atoms with E-state index in [1.807, 2.05) is 30.3 Å². The zero-order chi connectivity index (χ0) is 23.2. The summed E-state index contributed by atoms with van der Waals surface area (Å²) in [5.74, 6) is -0.714. The summed E-state index contributed by atoms with van der Waals surface area (Å²) < 4.78 is 14.3. The fourth-order valence-corrected chi connectivity index (χ4v) is 3.46. The van der Waals surface area contributed by atoms with Gasteiger partial charge in [-0.1, -0.05) is 36.4 Å². The molecule has 0 fully saturated rings. The Morgan fingerprint density at radius 1 is 1.00 bits per heavy atom. The van der Waals surface area contributed by atoms with E-state index in [9.17, 15) is 14.4 Å². The minimum Gasteiger partial charge on any atom is -0.458 e. The molecule has 3 heterocycles. The molecule has 10 heteroatoms. The summed E-state index contributed by atoms with van der Waals surface area (Å²) in [6, 6.07) is 14.6. The number of hydrogen-bond donors (Lipinski definition) is 0. The van der Waals surface area contributed by atoms with Crippen molar-refractivity contribution in [2.75, 3.05) is 13.7 Å². The molecule has 0 spiro atoms. The van der Waals surface area contributed by atoms with Crippen LogP contribution in [0.3, 0.4) is 0 Å². The summed E-state index contributed by atoms with van der Waals surface area (Å²) in [7, 11) is 1.56. The summed E-state index contributed by atoms with van der Waals surface area (Å²) in [4.78, 5) is 47.4. The maximum Gasteiger partial charge on any atom is 0.333 e. The van der Waals surface area contributed by atoms with Gasteiger partial charge < -0.3 is 14.0 Å². The number of rotatable bonds is 9. The normalized spacial score (nSPS) is 11.1. The predicted molar refractivity (Wildman–Crippen MR) is 120 cm³/mol. The molecule has 0 saturated heterocycles. The van der Waals surface area contributed by atoms with E-state index in [0.29, 0.717) is 18.8 Å². The van der Waals surface area contributed by atoms with E-state index < -0.39 is 23.8 Å². The van der Waals surface area contributed by atoms with Crippen molar-refractivity contribution in [2.24, 2.45) is 0 Å². The summed E-state index contributed by atoms with van der Waals surface area (Å²) in [5, 5.41) is 0. The zero-order valence-electron chi connectivity index (χ0n) is 18.1. The van der Waals surface area contributed by atoms with Crippen LogP contribution in [0, 0.1) is 0 Å². The summed E-state index contributed by atoms with van der Waals surface area (Å²) in [6.45, 7) is 0.344. The first-order valence-corrected chi connectivity index (χ1v) is 10.4. The van der Waals surface area contributed by atoms with Crippen molar-refractivity contribution in [3.05, 3.63) is 93.2 Å². The molecule has 33 heavy (non-hydrogen) atoms. The first kappa shape index (κ1) is 22.2. The van der Waals surface area contributed by atoms with Crippen LogP contribution in [0.5, 0.6) is 0 Å². The van der Waals surface area contributed by atoms with Gasteiger partial charge >= 0.3 is 11.7 Å². The van der Waals surface area contributed by atoms with Gasteiger partial charge in [0.15, 0.2) is 11.2 Å². The first-order chi connectivity index (χ1) is 16.1. The maximum atomic E-state index is 13.3. The van der Waals surface area contributed by atoms with Crippen molar-refractivity contribution < 1.29 is 14.3 Å². The highest BCUT2D eigenvalue weighted by Gasteiger charge is 2.20. The van der Waals surface area contributed by atoms with Crippen molar-refractivity contribution in [3.8, 4) is 0 Å². The average molecular weight is 449 g/mol. The molecule has 0 N–H and O–H groups in total. The quantitative estimate of drug-likeness (QED) is 0.353. The van der Waals surface area contributed by atoms with Gasteiger partial charge in [0, 0.05) is 19.9 Å². The molecule has 10 nitrogen and oxygen atoms in total. The zero-order valence-corrected chi connectivity index (χ0v) is 18.1. The highest BCUT2D eigenvalue weighted by atomic mass is 16.5. The van der Waals surface area contributed by atoms with E-state index >= 15 is 0 Å². The van der Waals surface area contributed by atoms with Crippen LogP contribution in [0.4, 0.5) is 0 Å².